The smallest absolute Gasteiger partial charge is 0.214 e. The SMILES string of the molecule is O=C(C=Cc1ccc(O)cc1)C1=C(O)C(O)(C2OC(CO)C(O)C(O)C2O)C(=O)C(=CC2=C(O)C(O)(C3OC(CO)C(O)C(O)C3O)C(O)=C(C(=O)C=Cc3ccc(O)cc3)C2=O)C1=O. The molecule has 0 spiro atoms. The molecule has 0 saturated carbocycles. The van der Waals surface area contributed by atoms with Gasteiger partial charge in [-0.05, 0) is 53.6 Å². The normalized spacial score (nSPS) is 34.4. The molecule has 2 fully saturated rings. The molecule has 2 saturated heterocycles. The van der Waals surface area contributed by atoms with E-state index >= 15 is 0 Å². The number of aromatic hydroxyl groups is 2. The number of carbonyl (C=O) groups excluding carboxylic acids is 5. The van der Waals surface area contributed by atoms with E-state index in [0.717, 1.165) is 12.2 Å². The van der Waals surface area contributed by atoms with Crippen LogP contribution < -0.4 is 0 Å². The predicted molar refractivity (Wildman–Crippen MR) is 214 cm³/mol. The Labute approximate surface area is 365 Å². The Hall–Kier alpha value is -6.25. The highest BCUT2D eigenvalue weighted by Crippen LogP contribution is 2.45. The van der Waals surface area contributed by atoms with Gasteiger partial charge in [0, 0.05) is 0 Å². The number of benzene rings is 2. The fourth-order valence-electron chi connectivity index (χ4n) is 7.68. The van der Waals surface area contributed by atoms with Crippen molar-refractivity contribution in [2.24, 2.45) is 0 Å². The van der Waals surface area contributed by atoms with E-state index in [2.05, 4.69) is 0 Å². The highest BCUT2D eigenvalue weighted by Gasteiger charge is 2.64. The lowest BCUT2D eigenvalue weighted by atomic mass is 9.70. The number of ether oxygens (including phenoxy) is 2. The molecular formula is C43H42O22. The maximum absolute atomic E-state index is 14.5. The van der Waals surface area contributed by atoms with Gasteiger partial charge in [0.2, 0.25) is 28.6 Å². The molecule has 22 heteroatoms. The molecule has 6 rings (SSSR count). The summed E-state index contributed by atoms with van der Waals surface area (Å²) < 4.78 is 10.7. The summed E-state index contributed by atoms with van der Waals surface area (Å²) in [6.45, 7) is -2.32. The van der Waals surface area contributed by atoms with Crippen molar-refractivity contribution < 1.29 is 110 Å². The van der Waals surface area contributed by atoms with E-state index in [4.69, 9.17) is 9.47 Å². The minimum atomic E-state index is -3.89. The number of allylic oxidation sites excluding steroid dienone is 6. The van der Waals surface area contributed by atoms with Gasteiger partial charge >= 0.3 is 0 Å². The van der Waals surface area contributed by atoms with Gasteiger partial charge in [-0.25, -0.2) is 0 Å². The summed E-state index contributed by atoms with van der Waals surface area (Å²) in [4.78, 5) is 70.9. The number of phenols is 2. The van der Waals surface area contributed by atoms with Crippen molar-refractivity contribution in [3.05, 3.63) is 117 Å². The molecule has 0 amide bonds. The van der Waals surface area contributed by atoms with Crippen LogP contribution >= 0.6 is 0 Å². The van der Waals surface area contributed by atoms with Crippen LogP contribution in [-0.2, 0) is 33.4 Å². The van der Waals surface area contributed by atoms with Gasteiger partial charge in [-0.1, -0.05) is 36.4 Å². The number of phenolic OH excluding ortho intramolecular Hbond substituents is 2. The molecule has 65 heavy (non-hydrogen) atoms. The summed E-state index contributed by atoms with van der Waals surface area (Å²) in [5.41, 5.74) is -13.4. The molecule has 0 bridgehead atoms. The molecule has 2 aliphatic carbocycles. The number of aliphatic hydroxyl groups is 13. The van der Waals surface area contributed by atoms with Gasteiger partial charge in [-0.15, -0.1) is 0 Å². The van der Waals surface area contributed by atoms with Crippen LogP contribution in [0.25, 0.3) is 12.2 Å². The van der Waals surface area contributed by atoms with Crippen molar-refractivity contribution in [1.29, 1.82) is 0 Å². The van der Waals surface area contributed by atoms with Crippen molar-refractivity contribution >= 4 is 41.1 Å². The lowest BCUT2D eigenvalue weighted by Gasteiger charge is -2.47. The van der Waals surface area contributed by atoms with Gasteiger partial charge in [0.05, 0.1) is 24.4 Å². The second-order valence-electron chi connectivity index (χ2n) is 15.4. The highest BCUT2D eigenvalue weighted by atomic mass is 16.6. The Morgan fingerprint density at radius 3 is 1.34 bits per heavy atom. The Balaban J connectivity index is 1.59. The number of ketones is 5. The van der Waals surface area contributed by atoms with Crippen LogP contribution in [0.2, 0.25) is 0 Å². The second kappa shape index (κ2) is 18.3. The molecule has 2 heterocycles. The Kier molecular flexibility index (Phi) is 13.6. The molecule has 2 aromatic carbocycles. The van der Waals surface area contributed by atoms with Gasteiger partial charge in [-0.2, -0.15) is 0 Å². The van der Waals surface area contributed by atoms with Crippen molar-refractivity contribution in [1.82, 2.24) is 0 Å². The van der Waals surface area contributed by atoms with Crippen molar-refractivity contribution in [3.8, 4) is 11.5 Å². The summed E-state index contributed by atoms with van der Waals surface area (Å²) in [5, 5.41) is 162. The van der Waals surface area contributed by atoms with Gasteiger partial charge in [-0.3, -0.25) is 24.0 Å². The number of carbonyl (C=O) groups is 5. The number of rotatable bonds is 11. The van der Waals surface area contributed by atoms with Crippen LogP contribution in [0.15, 0.2) is 106 Å². The van der Waals surface area contributed by atoms with Crippen molar-refractivity contribution in [3.63, 3.8) is 0 Å². The van der Waals surface area contributed by atoms with E-state index in [0.29, 0.717) is 12.2 Å². The van der Waals surface area contributed by atoms with E-state index in [-0.39, 0.29) is 28.7 Å². The lowest BCUT2D eigenvalue weighted by Crippen LogP contribution is -2.69. The lowest BCUT2D eigenvalue weighted by molar-refractivity contribution is -0.265. The number of Topliss-reactive ketones (excluding diaryl/α,β-unsaturated/α-hetero) is 3. The minimum Gasteiger partial charge on any atom is -0.508 e. The van der Waals surface area contributed by atoms with E-state index < -0.39 is 154 Å². The second-order valence-corrected chi connectivity index (χ2v) is 15.4. The fraction of sp³-hybridized carbons (Fsp3) is 0.326. The van der Waals surface area contributed by atoms with Gasteiger partial charge in [0.15, 0.2) is 11.6 Å². The average Bonchev–Trinajstić information content (AvgIpc) is 3.28. The zero-order valence-corrected chi connectivity index (χ0v) is 33.3. The van der Waals surface area contributed by atoms with Crippen LogP contribution in [-0.4, -0.2) is 191 Å². The standard InChI is InChI=1S/C43H42O22/c44-14-24-30(52)32(54)34(56)40(64-24)42(62)36(58)20(28(50)26(38(42)60)22(48)11-5-16-1-7-18(46)8-2-16)13-21-29(51)27(23(49)12-6-17-3-9-19(47)10-4-17)39(61)43(63,37(21)59)41-35(57)33(55)31(53)25(15-45)65-41/h1-13,24-25,30-35,40-41,44-47,52-58,60-63H,14-15H2. The third-order valence-corrected chi connectivity index (χ3v) is 11.4. The minimum absolute atomic E-state index is 0.0686. The molecule has 346 valence electrons. The molecule has 0 radical (unpaired) electrons. The quantitative estimate of drug-likeness (QED) is 0.0759. The van der Waals surface area contributed by atoms with Crippen LogP contribution in [0.3, 0.4) is 0 Å². The van der Waals surface area contributed by atoms with E-state index in [9.17, 15) is 101 Å². The number of hydrogen-bond donors (Lipinski definition) is 15. The van der Waals surface area contributed by atoms with Crippen LogP contribution in [0.1, 0.15) is 11.1 Å². The summed E-state index contributed by atoms with van der Waals surface area (Å²) >= 11 is 0. The molecule has 2 aliphatic heterocycles. The third-order valence-electron chi connectivity index (χ3n) is 11.4. The molecule has 4 aliphatic rings. The zero-order valence-electron chi connectivity index (χ0n) is 33.3. The Bertz CT molecular complexity index is 2460. The summed E-state index contributed by atoms with van der Waals surface area (Å²) in [6, 6.07) is 9.97. The first-order chi connectivity index (χ1) is 30.5. The number of hydrogen-bond acceptors (Lipinski definition) is 22. The molecule has 0 aromatic heterocycles. The van der Waals surface area contributed by atoms with Crippen LogP contribution in [0.5, 0.6) is 11.5 Å². The van der Waals surface area contributed by atoms with Crippen molar-refractivity contribution in [2.45, 2.75) is 72.2 Å². The van der Waals surface area contributed by atoms with E-state index in [1.807, 2.05) is 0 Å². The van der Waals surface area contributed by atoms with Crippen LogP contribution in [0.4, 0.5) is 0 Å². The largest absolute Gasteiger partial charge is 0.508 e. The van der Waals surface area contributed by atoms with E-state index in [1.165, 1.54) is 48.5 Å². The van der Waals surface area contributed by atoms with Gasteiger partial charge in [0.25, 0.3) is 0 Å². The molecule has 22 nitrogen and oxygen atoms in total. The maximum atomic E-state index is 14.5. The topological polar surface area (TPSA) is 407 Å². The van der Waals surface area contributed by atoms with Gasteiger partial charge < -0.3 is 86.1 Å². The zero-order chi connectivity index (χ0) is 48.0. The van der Waals surface area contributed by atoms with Crippen molar-refractivity contribution in [2.75, 3.05) is 13.2 Å². The predicted octanol–water partition coefficient (Wildman–Crippen LogP) is -3.79. The van der Waals surface area contributed by atoms with Crippen LogP contribution in [0, 0.1) is 0 Å². The third kappa shape index (κ3) is 8.22. The molecule has 2 aromatic rings. The number of aliphatic hydroxyl groups excluding tert-OH is 11. The molecule has 12 atom stereocenters. The Morgan fingerprint density at radius 2 is 0.923 bits per heavy atom. The molecule has 15 N–H and O–H groups in total. The van der Waals surface area contributed by atoms with E-state index in [1.54, 1.807) is 0 Å². The first-order valence-electron chi connectivity index (χ1n) is 19.3. The summed E-state index contributed by atoms with van der Waals surface area (Å²) in [5.74, 6) is -14.7. The first-order valence-corrected chi connectivity index (χ1v) is 19.3. The average molecular weight is 911 g/mol. The molecule has 12 unspecified atom stereocenters. The Morgan fingerprint density at radius 1 is 0.538 bits per heavy atom. The first kappa shape index (κ1) is 48.2. The van der Waals surface area contributed by atoms with Gasteiger partial charge in [0.1, 0.15) is 101 Å². The monoisotopic (exact) mass is 910 g/mol. The summed E-state index contributed by atoms with van der Waals surface area (Å²) in [7, 11) is 0. The summed E-state index contributed by atoms with van der Waals surface area (Å²) in [6.07, 6.45) is -19.9. The fourth-order valence-corrected chi connectivity index (χ4v) is 7.68. The molecular weight excluding hydrogens is 868 g/mol. The maximum Gasteiger partial charge on any atom is 0.214 e. The highest BCUT2D eigenvalue weighted by molar-refractivity contribution is 6.42.